The predicted octanol–water partition coefficient (Wildman–Crippen LogP) is 3.92. The van der Waals surface area contributed by atoms with Crippen LogP contribution in [-0.2, 0) is 16.0 Å². The summed E-state index contributed by atoms with van der Waals surface area (Å²) in [6, 6.07) is 17.8. The molecule has 30 heavy (non-hydrogen) atoms. The lowest BCUT2D eigenvalue weighted by Crippen LogP contribution is -2.47. The number of benzene rings is 2. The van der Waals surface area contributed by atoms with Gasteiger partial charge < -0.3 is 16.0 Å². The number of piperidine rings is 1. The van der Waals surface area contributed by atoms with E-state index in [1.807, 2.05) is 59.5 Å². The number of nitrogens with zero attached hydrogens (tertiary/aromatic N) is 1. The van der Waals surface area contributed by atoms with Gasteiger partial charge in [-0.05, 0) is 42.9 Å². The lowest BCUT2D eigenvalue weighted by molar-refractivity contribution is -0.134. The number of carbonyl (C=O) groups excluding carboxylic acids is 2. The van der Waals surface area contributed by atoms with Gasteiger partial charge in [0.05, 0.1) is 5.92 Å². The molecule has 1 unspecified atom stereocenters. The third kappa shape index (κ3) is 6.23. The second kappa shape index (κ2) is 11.6. The Morgan fingerprint density at radius 3 is 2.33 bits per heavy atom. The van der Waals surface area contributed by atoms with Crippen molar-refractivity contribution in [2.45, 2.75) is 51.0 Å². The highest BCUT2D eigenvalue weighted by atomic mass is 35.5. The molecule has 6 heteroatoms. The normalized spacial score (nSPS) is 15.2. The van der Waals surface area contributed by atoms with Crippen molar-refractivity contribution in [3.05, 3.63) is 65.7 Å². The third-order valence-corrected chi connectivity index (χ3v) is 5.76. The molecule has 2 aromatic carbocycles. The lowest BCUT2D eigenvalue weighted by atomic mass is 9.93. The maximum absolute atomic E-state index is 13.0. The van der Waals surface area contributed by atoms with Crippen LogP contribution in [-0.4, -0.2) is 35.8 Å². The number of rotatable bonds is 7. The van der Waals surface area contributed by atoms with Crippen LogP contribution in [0.1, 0.15) is 49.7 Å². The first kappa shape index (κ1) is 23.7. The number of nitrogens with two attached hydrogens (primary N) is 1. The summed E-state index contributed by atoms with van der Waals surface area (Å²) >= 11 is 0. The van der Waals surface area contributed by atoms with Gasteiger partial charge >= 0.3 is 0 Å². The van der Waals surface area contributed by atoms with Crippen molar-refractivity contribution in [2.24, 2.45) is 0 Å². The number of hydrogen-bond donors (Lipinski definition) is 2. The van der Waals surface area contributed by atoms with Crippen LogP contribution in [0.3, 0.4) is 0 Å². The highest BCUT2D eigenvalue weighted by molar-refractivity contribution is 5.85. The van der Waals surface area contributed by atoms with E-state index in [4.69, 9.17) is 5.73 Å². The number of likely N-dealkylation sites (tertiary alicyclic amines) is 1. The molecule has 1 saturated heterocycles. The lowest BCUT2D eigenvalue weighted by Gasteiger charge is -2.34. The fraction of sp³-hybridized carbons (Fsp3) is 0.417. The maximum Gasteiger partial charge on any atom is 0.230 e. The summed E-state index contributed by atoms with van der Waals surface area (Å²) in [5.41, 5.74) is 8.76. The van der Waals surface area contributed by atoms with Crippen LogP contribution in [0.25, 0.3) is 0 Å². The van der Waals surface area contributed by atoms with E-state index >= 15 is 0 Å². The van der Waals surface area contributed by atoms with Gasteiger partial charge in [0.2, 0.25) is 11.8 Å². The predicted molar refractivity (Wildman–Crippen MR) is 124 cm³/mol. The average molecular weight is 430 g/mol. The fourth-order valence-electron chi connectivity index (χ4n) is 4.01. The average Bonchev–Trinajstić information content (AvgIpc) is 2.75. The Morgan fingerprint density at radius 2 is 1.70 bits per heavy atom. The molecular formula is C24H32ClN3O2. The van der Waals surface area contributed by atoms with Crippen molar-refractivity contribution < 1.29 is 9.59 Å². The molecule has 3 rings (SSSR count). The van der Waals surface area contributed by atoms with Gasteiger partial charge in [-0.1, -0.05) is 55.5 Å². The van der Waals surface area contributed by atoms with Crippen LogP contribution in [0.15, 0.2) is 54.6 Å². The number of nitrogen functional groups attached to an aromatic ring is 1. The van der Waals surface area contributed by atoms with E-state index in [9.17, 15) is 9.59 Å². The molecule has 3 N–H and O–H groups in total. The SMILES string of the molecule is CCC(C(=O)N1CCC(NC(=O)CCc2ccccc2N)CC1)c1ccccc1.Cl. The van der Waals surface area contributed by atoms with Crippen LogP contribution in [0.2, 0.25) is 0 Å². The molecule has 0 radical (unpaired) electrons. The summed E-state index contributed by atoms with van der Waals surface area (Å²) < 4.78 is 0. The summed E-state index contributed by atoms with van der Waals surface area (Å²) in [7, 11) is 0. The summed E-state index contributed by atoms with van der Waals surface area (Å²) in [6.45, 7) is 3.44. The molecule has 162 valence electrons. The highest BCUT2D eigenvalue weighted by Gasteiger charge is 2.28. The van der Waals surface area contributed by atoms with Crippen molar-refractivity contribution in [1.82, 2.24) is 10.2 Å². The first-order valence-electron chi connectivity index (χ1n) is 10.5. The van der Waals surface area contributed by atoms with Crippen molar-refractivity contribution >= 4 is 29.9 Å². The van der Waals surface area contributed by atoms with Crippen LogP contribution in [0.5, 0.6) is 0 Å². The number of nitrogens with one attached hydrogen (secondary N) is 1. The van der Waals surface area contributed by atoms with E-state index in [0.717, 1.165) is 36.1 Å². The molecule has 0 aromatic heterocycles. The Hall–Kier alpha value is -2.53. The first-order chi connectivity index (χ1) is 14.1. The Bertz CT molecular complexity index is 820. The number of halogens is 1. The van der Waals surface area contributed by atoms with E-state index in [1.54, 1.807) is 0 Å². The van der Waals surface area contributed by atoms with Crippen molar-refractivity contribution in [3.63, 3.8) is 0 Å². The Labute approximate surface area is 185 Å². The van der Waals surface area contributed by atoms with Gasteiger partial charge in [-0.2, -0.15) is 0 Å². The van der Waals surface area contributed by atoms with Crippen molar-refractivity contribution in [1.29, 1.82) is 0 Å². The molecule has 1 aliphatic rings. The molecular weight excluding hydrogens is 398 g/mol. The summed E-state index contributed by atoms with van der Waals surface area (Å²) in [5, 5.41) is 3.13. The van der Waals surface area contributed by atoms with Crippen molar-refractivity contribution in [3.8, 4) is 0 Å². The van der Waals surface area contributed by atoms with Crippen LogP contribution in [0, 0.1) is 0 Å². The van der Waals surface area contributed by atoms with E-state index < -0.39 is 0 Å². The second-order valence-electron chi connectivity index (χ2n) is 7.74. The van der Waals surface area contributed by atoms with E-state index in [2.05, 4.69) is 12.2 Å². The largest absolute Gasteiger partial charge is 0.399 e. The number of hydrogen-bond acceptors (Lipinski definition) is 3. The van der Waals surface area contributed by atoms with Gasteiger partial charge in [0.15, 0.2) is 0 Å². The summed E-state index contributed by atoms with van der Waals surface area (Å²) in [6.07, 6.45) is 3.47. The molecule has 0 aliphatic carbocycles. The standard InChI is InChI=1S/C24H31N3O2.ClH/c1-2-21(18-8-4-3-5-9-18)24(29)27-16-14-20(15-17-27)26-23(28)13-12-19-10-6-7-11-22(19)25;/h3-11,20-21H,2,12-17,25H2,1H3,(H,26,28);1H. The Kier molecular flexibility index (Phi) is 9.18. The molecule has 1 aliphatic heterocycles. The topological polar surface area (TPSA) is 75.4 Å². The molecule has 5 nitrogen and oxygen atoms in total. The Morgan fingerprint density at radius 1 is 1.07 bits per heavy atom. The quantitative estimate of drug-likeness (QED) is 0.655. The van der Waals surface area contributed by atoms with Crippen LogP contribution < -0.4 is 11.1 Å². The molecule has 2 amide bonds. The first-order valence-corrected chi connectivity index (χ1v) is 10.5. The number of aryl methyl sites for hydroxylation is 1. The fourth-order valence-corrected chi connectivity index (χ4v) is 4.01. The van der Waals surface area contributed by atoms with E-state index in [0.29, 0.717) is 25.9 Å². The minimum absolute atomic E-state index is 0. The second-order valence-corrected chi connectivity index (χ2v) is 7.74. The van der Waals surface area contributed by atoms with Gasteiger partial charge in [0.25, 0.3) is 0 Å². The molecule has 1 fully saturated rings. The molecule has 1 atom stereocenters. The zero-order valence-corrected chi connectivity index (χ0v) is 18.4. The zero-order valence-electron chi connectivity index (χ0n) is 17.5. The third-order valence-electron chi connectivity index (χ3n) is 5.76. The van der Waals surface area contributed by atoms with Crippen LogP contribution >= 0.6 is 12.4 Å². The van der Waals surface area contributed by atoms with Gasteiger partial charge in [-0.3, -0.25) is 9.59 Å². The van der Waals surface area contributed by atoms with Gasteiger partial charge in [-0.25, -0.2) is 0 Å². The van der Waals surface area contributed by atoms with Gasteiger partial charge in [0.1, 0.15) is 0 Å². The monoisotopic (exact) mass is 429 g/mol. The number of amides is 2. The molecule has 0 spiro atoms. The highest BCUT2D eigenvalue weighted by Crippen LogP contribution is 2.24. The number of para-hydroxylation sites is 1. The van der Waals surface area contributed by atoms with Crippen molar-refractivity contribution in [2.75, 3.05) is 18.8 Å². The van der Waals surface area contributed by atoms with E-state index in [1.165, 1.54) is 0 Å². The molecule has 0 saturated carbocycles. The number of anilines is 1. The maximum atomic E-state index is 13.0. The number of carbonyl (C=O) groups is 2. The smallest absolute Gasteiger partial charge is 0.230 e. The minimum atomic E-state index is -0.0846. The van der Waals surface area contributed by atoms with E-state index in [-0.39, 0.29) is 36.2 Å². The van der Waals surface area contributed by atoms with Crippen LogP contribution in [0.4, 0.5) is 5.69 Å². The van der Waals surface area contributed by atoms with Gasteiger partial charge in [-0.15, -0.1) is 12.4 Å². The zero-order chi connectivity index (χ0) is 20.6. The summed E-state index contributed by atoms with van der Waals surface area (Å²) in [5.74, 6) is 0.162. The van der Waals surface area contributed by atoms with Gasteiger partial charge in [0, 0.05) is 31.2 Å². The minimum Gasteiger partial charge on any atom is -0.399 e. The Balaban J connectivity index is 0.00000320. The molecule has 0 bridgehead atoms. The molecule has 2 aromatic rings. The molecule has 1 heterocycles. The summed E-state index contributed by atoms with van der Waals surface area (Å²) in [4.78, 5) is 27.2.